The highest BCUT2D eigenvalue weighted by Gasteiger charge is 2.16. The zero-order valence-corrected chi connectivity index (χ0v) is 12.7. The predicted molar refractivity (Wildman–Crippen MR) is 82.5 cm³/mol. The van der Waals surface area contributed by atoms with E-state index >= 15 is 0 Å². The summed E-state index contributed by atoms with van der Waals surface area (Å²) in [6, 6.07) is 8.30. The number of fused-ring (bicyclic) bond motifs is 4. The molecule has 112 valence electrons. The molecule has 0 radical (unpaired) electrons. The lowest BCUT2D eigenvalue weighted by Gasteiger charge is -1.99. The van der Waals surface area contributed by atoms with Gasteiger partial charge >= 0.3 is 0 Å². The molecule has 0 unspecified atom stereocenters. The molecule has 0 fully saturated rings. The van der Waals surface area contributed by atoms with E-state index < -0.39 is 10.1 Å². The van der Waals surface area contributed by atoms with Crippen LogP contribution in [0, 0.1) is 6.92 Å². The summed E-state index contributed by atoms with van der Waals surface area (Å²) in [6.07, 6.45) is 0. The minimum Gasteiger partial charge on any atom is -0.441 e. The van der Waals surface area contributed by atoms with E-state index in [4.69, 9.17) is 4.42 Å². The maximum absolute atomic E-state index is 11.4. The molecule has 2 aromatic heterocycles. The van der Waals surface area contributed by atoms with Crippen molar-refractivity contribution < 1.29 is 17.4 Å². The van der Waals surface area contributed by atoms with Gasteiger partial charge in [-0.1, -0.05) is 0 Å². The van der Waals surface area contributed by atoms with Crippen LogP contribution in [0.3, 0.4) is 0 Å². The maximum Gasteiger partial charge on any atom is 0.294 e. The topological polar surface area (TPSA) is 85.3 Å². The van der Waals surface area contributed by atoms with E-state index in [-0.39, 0.29) is 4.90 Å². The van der Waals surface area contributed by atoms with Gasteiger partial charge in [-0.15, -0.1) is 0 Å². The SMILES string of the molecule is Cc1nc2cc3c(cc2o1)c1cc(S(=O)(=O)O)ccc1n3C. The molecule has 2 aromatic carbocycles. The summed E-state index contributed by atoms with van der Waals surface area (Å²) >= 11 is 0. The van der Waals surface area contributed by atoms with Crippen molar-refractivity contribution in [1.82, 2.24) is 9.55 Å². The van der Waals surface area contributed by atoms with E-state index in [0.717, 1.165) is 27.3 Å². The lowest BCUT2D eigenvalue weighted by atomic mass is 10.1. The minimum atomic E-state index is -4.24. The van der Waals surface area contributed by atoms with E-state index in [1.807, 2.05) is 23.7 Å². The Labute approximate surface area is 125 Å². The van der Waals surface area contributed by atoms with Crippen LogP contribution in [-0.2, 0) is 17.2 Å². The molecule has 0 aliphatic carbocycles. The molecule has 0 amide bonds. The fourth-order valence-electron chi connectivity index (χ4n) is 2.88. The second-order valence-corrected chi connectivity index (χ2v) is 6.70. The lowest BCUT2D eigenvalue weighted by Crippen LogP contribution is -1.97. The number of hydrogen-bond donors (Lipinski definition) is 1. The first-order valence-electron chi connectivity index (χ1n) is 6.61. The Hall–Kier alpha value is -2.38. The Morgan fingerprint density at radius 1 is 1.14 bits per heavy atom. The Bertz CT molecular complexity index is 1170. The molecule has 7 heteroatoms. The highest BCUT2D eigenvalue weighted by molar-refractivity contribution is 7.85. The van der Waals surface area contributed by atoms with E-state index in [1.165, 1.54) is 12.1 Å². The van der Waals surface area contributed by atoms with Crippen molar-refractivity contribution in [1.29, 1.82) is 0 Å². The Morgan fingerprint density at radius 3 is 2.59 bits per heavy atom. The summed E-state index contributed by atoms with van der Waals surface area (Å²) < 4.78 is 39.5. The average Bonchev–Trinajstić information content (AvgIpc) is 2.93. The average molecular weight is 316 g/mol. The van der Waals surface area contributed by atoms with Gasteiger partial charge in [0, 0.05) is 30.3 Å². The smallest absolute Gasteiger partial charge is 0.294 e. The van der Waals surface area contributed by atoms with Crippen LogP contribution >= 0.6 is 0 Å². The number of benzene rings is 2. The summed E-state index contributed by atoms with van der Waals surface area (Å²) in [5, 5.41) is 1.59. The van der Waals surface area contributed by atoms with Crippen molar-refractivity contribution >= 4 is 43.0 Å². The normalized spacial score (nSPS) is 12.7. The van der Waals surface area contributed by atoms with E-state index in [2.05, 4.69) is 4.98 Å². The van der Waals surface area contributed by atoms with Crippen molar-refractivity contribution in [3.05, 3.63) is 36.2 Å². The molecule has 4 aromatic rings. The van der Waals surface area contributed by atoms with Gasteiger partial charge in [-0.2, -0.15) is 8.42 Å². The summed E-state index contributed by atoms with van der Waals surface area (Å²) in [6.45, 7) is 1.78. The zero-order chi connectivity index (χ0) is 15.6. The van der Waals surface area contributed by atoms with E-state index in [9.17, 15) is 13.0 Å². The van der Waals surface area contributed by atoms with Crippen molar-refractivity contribution in [3.63, 3.8) is 0 Å². The highest BCUT2D eigenvalue weighted by Crippen LogP contribution is 2.33. The molecular weight excluding hydrogens is 304 g/mol. The summed E-state index contributed by atoms with van der Waals surface area (Å²) in [7, 11) is -2.34. The first kappa shape index (κ1) is 13.3. The summed E-state index contributed by atoms with van der Waals surface area (Å²) in [5.74, 6) is 0.577. The first-order chi connectivity index (χ1) is 10.3. The van der Waals surface area contributed by atoms with Crippen LogP contribution in [0.4, 0.5) is 0 Å². The Kier molecular flexibility index (Phi) is 2.47. The molecule has 2 heterocycles. The standard InChI is InChI=1S/C15H12N2O4S/c1-8-16-12-7-14-11(6-15(12)21-8)10-5-9(22(18,19)20)3-4-13(10)17(14)2/h3-7H,1-2H3,(H,18,19,20). The van der Waals surface area contributed by atoms with E-state index in [0.29, 0.717) is 11.5 Å². The summed E-state index contributed by atoms with van der Waals surface area (Å²) in [5.41, 5.74) is 3.19. The quantitative estimate of drug-likeness (QED) is 0.546. The molecule has 22 heavy (non-hydrogen) atoms. The molecule has 0 saturated carbocycles. The number of hydrogen-bond acceptors (Lipinski definition) is 4. The fraction of sp³-hybridized carbons (Fsp3) is 0.133. The van der Waals surface area contributed by atoms with Crippen LogP contribution in [-0.4, -0.2) is 22.5 Å². The number of aromatic nitrogens is 2. The van der Waals surface area contributed by atoms with Crippen molar-refractivity contribution in [2.24, 2.45) is 7.05 Å². The number of aryl methyl sites for hydroxylation is 2. The third-order valence-electron chi connectivity index (χ3n) is 3.89. The maximum atomic E-state index is 11.4. The second-order valence-electron chi connectivity index (χ2n) is 5.28. The number of nitrogens with zero attached hydrogens (tertiary/aromatic N) is 2. The van der Waals surface area contributed by atoms with Gasteiger partial charge in [-0.05, 0) is 30.3 Å². The molecule has 0 aliphatic rings. The number of oxazole rings is 1. The van der Waals surface area contributed by atoms with Crippen LogP contribution in [0.2, 0.25) is 0 Å². The van der Waals surface area contributed by atoms with Gasteiger partial charge in [0.1, 0.15) is 5.52 Å². The summed E-state index contributed by atoms with van der Waals surface area (Å²) in [4.78, 5) is 4.19. The molecule has 1 N–H and O–H groups in total. The van der Waals surface area contributed by atoms with Crippen molar-refractivity contribution in [3.8, 4) is 0 Å². The van der Waals surface area contributed by atoms with E-state index in [1.54, 1.807) is 13.0 Å². The third kappa shape index (κ3) is 1.76. The van der Waals surface area contributed by atoms with Crippen LogP contribution in [0.25, 0.3) is 32.9 Å². The predicted octanol–water partition coefficient (Wildman–Crippen LogP) is 3.03. The second kappa shape index (κ2) is 4.08. The molecule has 0 aliphatic heterocycles. The van der Waals surface area contributed by atoms with Crippen LogP contribution < -0.4 is 0 Å². The van der Waals surface area contributed by atoms with Crippen LogP contribution in [0.5, 0.6) is 0 Å². The Morgan fingerprint density at radius 2 is 1.86 bits per heavy atom. The molecule has 0 spiro atoms. The van der Waals surface area contributed by atoms with Gasteiger partial charge < -0.3 is 8.98 Å². The van der Waals surface area contributed by atoms with Gasteiger partial charge in [-0.25, -0.2) is 4.98 Å². The van der Waals surface area contributed by atoms with Crippen LogP contribution in [0.15, 0.2) is 39.6 Å². The third-order valence-corrected chi connectivity index (χ3v) is 4.74. The number of rotatable bonds is 1. The molecule has 0 bridgehead atoms. The monoisotopic (exact) mass is 316 g/mol. The van der Waals surface area contributed by atoms with Crippen LogP contribution in [0.1, 0.15) is 5.89 Å². The zero-order valence-electron chi connectivity index (χ0n) is 11.9. The minimum absolute atomic E-state index is 0.124. The molecule has 0 saturated heterocycles. The lowest BCUT2D eigenvalue weighted by molar-refractivity contribution is 0.483. The van der Waals surface area contributed by atoms with Gasteiger partial charge in [0.05, 0.1) is 10.4 Å². The van der Waals surface area contributed by atoms with Crippen molar-refractivity contribution in [2.45, 2.75) is 11.8 Å². The highest BCUT2D eigenvalue weighted by atomic mass is 32.2. The molecule has 6 nitrogen and oxygen atoms in total. The molecule has 0 atom stereocenters. The largest absolute Gasteiger partial charge is 0.441 e. The molecule has 4 rings (SSSR count). The van der Waals surface area contributed by atoms with Gasteiger partial charge in [0.25, 0.3) is 10.1 Å². The fourth-order valence-corrected chi connectivity index (χ4v) is 3.39. The van der Waals surface area contributed by atoms with Gasteiger partial charge in [-0.3, -0.25) is 4.55 Å². The van der Waals surface area contributed by atoms with Crippen molar-refractivity contribution in [2.75, 3.05) is 0 Å². The molecular formula is C15H12N2O4S. The first-order valence-corrected chi connectivity index (χ1v) is 8.05. The van der Waals surface area contributed by atoms with Gasteiger partial charge in [0.15, 0.2) is 11.5 Å². The van der Waals surface area contributed by atoms with Gasteiger partial charge in [0.2, 0.25) is 0 Å². The Balaban J connectivity index is 2.20.